The maximum absolute atomic E-state index is 9.27. The van der Waals surface area contributed by atoms with Crippen LogP contribution in [0.3, 0.4) is 0 Å². The second-order valence-corrected chi connectivity index (χ2v) is 5.89. The molecule has 0 aliphatic carbocycles. The van der Waals surface area contributed by atoms with Gasteiger partial charge in [-0.05, 0) is 42.5 Å². The first-order chi connectivity index (χ1) is 9.69. The number of aliphatic hydroxyl groups excluding tert-OH is 1. The quantitative estimate of drug-likeness (QED) is 0.738. The highest BCUT2D eigenvalue weighted by Crippen LogP contribution is 2.23. The van der Waals surface area contributed by atoms with Gasteiger partial charge in [-0.2, -0.15) is 0 Å². The molecule has 0 radical (unpaired) electrons. The van der Waals surface area contributed by atoms with Gasteiger partial charge in [-0.3, -0.25) is 0 Å². The van der Waals surface area contributed by atoms with Gasteiger partial charge < -0.3 is 14.6 Å². The third-order valence-corrected chi connectivity index (χ3v) is 3.64. The van der Waals surface area contributed by atoms with Crippen molar-refractivity contribution in [1.29, 1.82) is 0 Å². The van der Waals surface area contributed by atoms with Gasteiger partial charge in [-0.15, -0.1) is 0 Å². The van der Waals surface area contributed by atoms with Gasteiger partial charge in [0.05, 0.1) is 6.61 Å². The van der Waals surface area contributed by atoms with Crippen LogP contribution in [0.2, 0.25) is 0 Å². The van der Waals surface area contributed by atoms with Crippen LogP contribution in [0, 0.1) is 0 Å². The van der Waals surface area contributed by atoms with Crippen molar-refractivity contribution >= 4 is 31.9 Å². The van der Waals surface area contributed by atoms with Crippen molar-refractivity contribution in [1.82, 2.24) is 0 Å². The molecule has 0 spiro atoms. The van der Waals surface area contributed by atoms with E-state index in [1.54, 1.807) is 0 Å². The molecule has 0 aliphatic heterocycles. The minimum absolute atomic E-state index is 0.0532. The van der Waals surface area contributed by atoms with E-state index in [1.807, 2.05) is 42.5 Å². The minimum Gasteiger partial charge on any atom is -0.490 e. The third kappa shape index (κ3) is 4.51. The molecule has 0 fully saturated rings. The molecule has 0 atom stereocenters. The Kier molecular flexibility index (Phi) is 5.88. The molecule has 0 saturated heterocycles. The SMILES string of the molecule is OCc1cc(Br)ccc1OCCOc1ccc(Br)cc1. The lowest BCUT2D eigenvalue weighted by Gasteiger charge is -2.11. The van der Waals surface area contributed by atoms with Crippen LogP contribution in [0.4, 0.5) is 0 Å². The number of halogens is 2. The standard InChI is InChI=1S/C15H14Br2O3/c16-12-1-4-14(5-2-12)19-7-8-20-15-6-3-13(17)9-11(15)10-18/h1-6,9,18H,7-8,10H2. The van der Waals surface area contributed by atoms with Gasteiger partial charge in [-0.25, -0.2) is 0 Å². The van der Waals surface area contributed by atoms with Crippen molar-refractivity contribution < 1.29 is 14.6 Å². The second-order valence-electron chi connectivity index (χ2n) is 4.06. The monoisotopic (exact) mass is 400 g/mol. The van der Waals surface area contributed by atoms with E-state index in [0.29, 0.717) is 19.0 Å². The summed E-state index contributed by atoms with van der Waals surface area (Å²) < 4.78 is 13.1. The molecule has 2 aromatic carbocycles. The lowest BCUT2D eigenvalue weighted by atomic mass is 10.2. The van der Waals surface area contributed by atoms with Gasteiger partial charge in [0.2, 0.25) is 0 Å². The van der Waals surface area contributed by atoms with E-state index in [-0.39, 0.29) is 6.61 Å². The largest absolute Gasteiger partial charge is 0.490 e. The zero-order valence-corrected chi connectivity index (χ0v) is 13.9. The third-order valence-electron chi connectivity index (χ3n) is 2.62. The van der Waals surface area contributed by atoms with E-state index in [9.17, 15) is 5.11 Å². The van der Waals surface area contributed by atoms with E-state index in [1.165, 1.54) is 0 Å². The summed E-state index contributed by atoms with van der Waals surface area (Å²) in [6, 6.07) is 13.2. The second kappa shape index (κ2) is 7.67. The molecular weight excluding hydrogens is 388 g/mol. The first-order valence-electron chi connectivity index (χ1n) is 6.09. The zero-order valence-electron chi connectivity index (χ0n) is 10.7. The summed E-state index contributed by atoms with van der Waals surface area (Å²) in [7, 11) is 0. The van der Waals surface area contributed by atoms with Gasteiger partial charge in [0.1, 0.15) is 24.7 Å². The van der Waals surface area contributed by atoms with Gasteiger partial charge >= 0.3 is 0 Å². The van der Waals surface area contributed by atoms with Crippen molar-refractivity contribution in [2.24, 2.45) is 0 Å². The highest BCUT2D eigenvalue weighted by molar-refractivity contribution is 9.10. The number of hydrogen-bond acceptors (Lipinski definition) is 3. The predicted octanol–water partition coefficient (Wildman–Crippen LogP) is 4.16. The van der Waals surface area contributed by atoms with Gasteiger partial charge in [0, 0.05) is 14.5 Å². The normalized spacial score (nSPS) is 10.3. The summed E-state index contributed by atoms with van der Waals surface area (Å²) in [5.74, 6) is 1.48. The number of benzene rings is 2. The summed E-state index contributed by atoms with van der Waals surface area (Å²) in [5, 5.41) is 9.27. The summed E-state index contributed by atoms with van der Waals surface area (Å²) in [4.78, 5) is 0. The number of ether oxygens (including phenoxy) is 2. The van der Waals surface area contributed by atoms with Crippen LogP contribution in [0.1, 0.15) is 5.56 Å². The molecule has 3 nitrogen and oxygen atoms in total. The maximum atomic E-state index is 9.27. The Morgan fingerprint density at radius 2 is 1.50 bits per heavy atom. The lowest BCUT2D eigenvalue weighted by molar-refractivity contribution is 0.210. The van der Waals surface area contributed by atoms with Crippen molar-refractivity contribution in [2.45, 2.75) is 6.61 Å². The molecule has 2 aromatic rings. The van der Waals surface area contributed by atoms with Crippen LogP contribution in [-0.2, 0) is 6.61 Å². The Morgan fingerprint density at radius 3 is 2.20 bits per heavy atom. The van der Waals surface area contributed by atoms with Crippen molar-refractivity contribution in [3.8, 4) is 11.5 Å². The molecule has 0 aromatic heterocycles. The number of hydrogen-bond donors (Lipinski definition) is 1. The fourth-order valence-electron chi connectivity index (χ4n) is 1.65. The molecule has 0 bridgehead atoms. The summed E-state index contributed by atoms with van der Waals surface area (Å²) in [6.07, 6.45) is 0. The Bertz CT molecular complexity index is 556. The number of rotatable bonds is 6. The fourth-order valence-corrected chi connectivity index (χ4v) is 2.33. The lowest BCUT2D eigenvalue weighted by Crippen LogP contribution is -2.10. The molecule has 2 rings (SSSR count). The van der Waals surface area contributed by atoms with E-state index >= 15 is 0 Å². The van der Waals surface area contributed by atoms with Gasteiger partial charge in [0.25, 0.3) is 0 Å². The highest BCUT2D eigenvalue weighted by atomic mass is 79.9. The first-order valence-corrected chi connectivity index (χ1v) is 7.68. The van der Waals surface area contributed by atoms with Crippen molar-refractivity contribution in [3.63, 3.8) is 0 Å². The van der Waals surface area contributed by atoms with Crippen LogP contribution in [-0.4, -0.2) is 18.3 Å². The molecule has 0 unspecified atom stereocenters. The molecule has 0 amide bonds. The van der Waals surface area contributed by atoms with Crippen LogP contribution < -0.4 is 9.47 Å². The van der Waals surface area contributed by atoms with Crippen LogP contribution in [0.5, 0.6) is 11.5 Å². The minimum atomic E-state index is -0.0532. The highest BCUT2D eigenvalue weighted by Gasteiger charge is 2.03. The van der Waals surface area contributed by atoms with E-state index in [4.69, 9.17) is 9.47 Å². The van der Waals surface area contributed by atoms with Crippen LogP contribution >= 0.6 is 31.9 Å². The zero-order chi connectivity index (χ0) is 14.4. The summed E-state index contributed by atoms with van der Waals surface area (Å²) in [5.41, 5.74) is 0.753. The summed E-state index contributed by atoms with van der Waals surface area (Å²) in [6.45, 7) is 0.815. The molecule has 0 saturated carbocycles. The van der Waals surface area contributed by atoms with E-state index in [2.05, 4.69) is 31.9 Å². The van der Waals surface area contributed by atoms with Gasteiger partial charge in [0.15, 0.2) is 0 Å². The fraction of sp³-hybridized carbons (Fsp3) is 0.200. The molecule has 0 heterocycles. The first kappa shape index (κ1) is 15.4. The average Bonchev–Trinajstić information content (AvgIpc) is 2.46. The molecule has 0 aliphatic rings. The smallest absolute Gasteiger partial charge is 0.125 e. The van der Waals surface area contributed by atoms with Crippen molar-refractivity contribution in [2.75, 3.05) is 13.2 Å². The Balaban J connectivity index is 1.82. The average molecular weight is 402 g/mol. The Labute approximate surface area is 134 Å². The predicted molar refractivity (Wildman–Crippen MR) is 85.2 cm³/mol. The molecule has 5 heteroatoms. The topological polar surface area (TPSA) is 38.7 Å². The van der Waals surface area contributed by atoms with Crippen molar-refractivity contribution in [3.05, 3.63) is 57.0 Å². The molecule has 106 valence electrons. The Hall–Kier alpha value is -1.04. The Morgan fingerprint density at radius 1 is 0.850 bits per heavy atom. The molecule has 1 N–H and O–H groups in total. The maximum Gasteiger partial charge on any atom is 0.125 e. The summed E-state index contributed by atoms with van der Waals surface area (Å²) >= 11 is 6.73. The van der Waals surface area contributed by atoms with Gasteiger partial charge in [-0.1, -0.05) is 31.9 Å². The van der Waals surface area contributed by atoms with E-state index < -0.39 is 0 Å². The van der Waals surface area contributed by atoms with E-state index in [0.717, 1.165) is 20.3 Å². The van der Waals surface area contributed by atoms with Crippen LogP contribution in [0.15, 0.2) is 51.4 Å². The molecule has 20 heavy (non-hydrogen) atoms. The molecular formula is C15H14Br2O3. The number of aliphatic hydroxyl groups is 1. The van der Waals surface area contributed by atoms with Crippen LogP contribution in [0.25, 0.3) is 0 Å².